The minimum absolute atomic E-state index is 0. The fourth-order valence-corrected chi connectivity index (χ4v) is 0. The minimum atomic E-state index is 0. The standard InChI is InChI=1S/CH5P2.K/c1-3-2;/h2H2,1H3;/q-1;+1. The fraction of sp³-hybridized carbons (Fsp3) is 1.00. The van der Waals surface area contributed by atoms with Crippen molar-refractivity contribution in [3.8, 4) is 0 Å². The summed E-state index contributed by atoms with van der Waals surface area (Å²) in [7, 11) is 3.88. The SMILES string of the molecule is C[P-]P.[K+]. The molecule has 0 aromatic heterocycles. The monoisotopic (exact) mass is 118 g/mol. The fourth-order valence-electron chi connectivity index (χ4n) is 0. The summed E-state index contributed by atoms with van der Waals surface area (Å²) in [5.41, 5.74) is 0. The van der Waals surface area contributed by atoms with Gasteiger partial charge in [0.15, 0.2) is 0 Å². The molecule has 0 N–H and O–H groups in total. The molecule has 0 heterocycles. The largest absolute Gasteiger partial charge is 1.00 e. The van der Waals surface area contributed by atoms with Gasteiger partial charge in [-0.1, -0.05) is 0 Å². The molecule has 0 spiro atoms. The summed E-state index contributed by atoms with van der Waals surface area (Å²) < 4.78 is 0. The second-order valence-electron chi connectivity index (χ2n) is 0.258. The van der Waals surface area contributed by atoms with Crippen molar-refractivity contribution >= 4 is 17.2 Å². The Labute approximate surface area is 73.8 Å². The van der Waals surface area contributed by atoms with Crippen LogP contribution in [0.2, 0.25) is 0 Å². The Kier molecular flexibility index (Phi) is 22.1. The van der Waals surface area contributed by atoms with Crippen LogP contribution in [-0.2, 0) is 0 Å². The van der Waals surface area contributed by atoms with Gasteiger partial charge in [0.2, 0.25) is 0 Å². The van der Waals surface area contributed by atoms with Gasteiger partial charge >= 0.3 is 51.4 Å². The van der Waals surface area contributed by atoms with Gasteiger partial charge in [0.25, 0.3) is 0 Å². The molecule has 1 atom stereocenters. The van der Waals surface area contributed by atoms with Gasteiger partial charge in [0.1, 0.15) is 0 Å². The summed E-state index contributed by atoms with van der Waals surface area (Å²) in [5, 5.41) is 0. The van der Waals surface area contributed by atoms with Crippen LogP contribution >= 0.6 is 17.2 Å². The van der Waals surface area contributed by atoms with E-state index >= 15 is 0 Å². The van der Waals surface area contributed by atoms with Crippen molar-refractivity contribution in [2.24, 2.45) is 0 Å². The molecule has 0 bridgehead atoms. The van der Waals surface area contributed by atoms with E-state index in [0.29, 0.717) is 0 Å². The van der Waals surface area contributed by atoms with Gasteiger partial charge in [0.05, 0.1) is 0 Å². The number of hydrogen-bond donors (Lipinski definition) is 0. The van der Waals surface area contributed by atoms with Gasteiger partial charge in [-0.25, -0.2) is 0 Å². The van der Waals surface area contributed by atoms with Crippen LogP contribution in [0.15, 0.2) is 0 Å². The van der Waals surface area contributed by atoms with E-state index in [-0.39, 0.29) is 51.4 Å². The average Bonchev–Trinajstić information content (AvgIpc) is 0.918. The van der Waals surface area contributed by atoms with Crippen molar-refractivity contribution in [2.75, 3.05) is 6.66 Å². The Hall–Kier alpha value is 2.50. The summed E-state index contributed by atoms with van der Waals surface area (Å²) in [6.45, 7) is 2.06. The topological polar surface area (TPSA) is 0 Å². The van der Waals surface area contributed by atoms with E-state index in [1.165, 1.54) is 8.27 Å². The van der Waals surface area contributed by atoms with Crippen molar-refractivity contribution in [1.82, 2.24) is 0 Å². The van der Waals surface area contributed by atoms with E-state index in [2.05, 4.69) is 15.6 Å². The van der Waals surface area contributed by atoms with Crippen LogP contribution in [0.25, 0.3) is 0 Å². The third-order valence-corrected chi connectivity index (χ3v) is 0. The molecule has 0 aliphatic carbocycles. The zero-order valence-electron chi connectivity index (χ0n) is 3.02. The number of rotatable bonds is 0. The molecule has 20 valence electrons. The molecular weight excluding hydrogens is 113 g/mol. The van der Waals surface area contributed by atoms with E-state index in [0.717, 1.165) is 0 Å². The third-order valence-electron chi connectivity index (χ3n) is 0. The first kappa shape index (κ1) is 9.71. The maximum absolute atomic E-state index is 2.55. The van der Waals surface area contributed by atoms with Crippen LogP contribution in [-0.4, -0.2) is 6.66 Å². The number of hydrogen-bond acceptors (Lipinski definition) is 0. The Morgan fingerprint density at radius 2 is 1.75 bits per heavy atom. The second-order valence-corrected chi connectivity index (χ2v) is 2.32. The summed E-state index contributed by atoms with van der Waals surface area (Å²) >= 11 is 0. The van der Waals surface area contributed by atoms with Gasteiger partial charge in [-0.05, 0) is 0 Å². The predicted octanol–water partition coefficient (Wildman–Crippen LogP) is -1.64. The molecule has 0 aliphatic heterocycles. The predicted molar refractivity (Wildman–Crippen MR) is 22.6 cm³/mol. The first-order valence-electron chi connectivity index (χ1n) is 0.705. The smallest absolute Gasteiger partial charge is 0.518 e. The molecule has 0 saturated carbocycles. The molecule has 3 heteroatoms. The molecule has 0 radical (unpaired) electrons. The van der Waals surface area contributed by atoms with Gasteiger partial charge in [0, 0.05) is 0 Å². The van der Waals surface area contributed by atoms with E-state index in [1.54, 1.807) is 0 Å². The molecule has 0 aromatic rings. The molecule has 0 saturated heterocycles. The van der Waals surface area contributed by atoms with Crippen molar-refractivity contribution in [3.63, 3.8) is 0 Å². The Balaban J connectivity index is 0. The Morgan fingerprint density at radius 1 is 1.75 bits per heavy atom. The molecule has 0 amide bonds. The van der Waals surface area contributed by atoms with Crippen molar-refractivity contribution in [3.05, 3.63) is 0 Å². The summed E-state index contributed by atoms with van der Waals surface area (Å²) in [5.74, 6) is 0. The van der Waals surface area contributed by atoms with Crippen molar-refractivity contribution in [1.29, 1.82) is 0 Å². The molecule has 0 rings (SSSR count). The third kappa shape index (κ3) is 8.82. The maximum Gasteiger partial charge on any atom is 1.00 e. The normalized spacial score (nSPS) is 7.50. The van der Waals surface area contributed by atoms with Crippen LogP contribution in [0.4, 0.5) is 0 Å². The van der Waals surface area contributed by atoms with Crippen LogP contribution in [0, 0.1) is 0 Å². The molecular formula is CH5KP2. The molecule has 0 aliphatic rings. The van der Waals surface area contributed by atoms with E-state index < -0.39 is 0 Å². The average molecular weight is 118 g/mol. The van der Waals surface area contributed by atoms with Gasteiger partial charge < -0.3 is 17.2 Å². The van der Waals surface area contributed by atoms with Crippen LogP contribution < -0.4 is 51.4 Å². The van der Waals surface area contributed by atoms with Crippen LogP contribution in [0.1, 0.15) is 0 Å². The van der Waals surface area contributed by atoms with Crippen LogP contribution in [0.3, 0.4) is 0 Å². The second kappa shape index (κ2) is 9.09. The minimum Gasteiger partial charge on any atom is -0.518 e. The molecule has 0 fully saturated rings. The molecule has 0 nitrogen and oxygen atoms in total. The Bertz CT molecular complexity index is 6.00. The zero-order chi connectivity index (χ0) is 2.71. The Morgan fingerprint density at radius 3 is 1.75 bits per heavy atom. The van der Waals surface area contributed by atoms with Gasteiger partial charge in [-0.2, -0.15) is 6.66 Å². The van der Waals surface area contributed by atoms with E-state index in [4.69, 9.17) is 0 Å². The first-order valence-corrected chi connectivity index (χ1v) is 3.67. The molecule has 1 unspecified atom stereocenters. The summed E-state index contributed by atoms with van der Waals surface area (Å²) in [4.78, 5) is 0. The van der Waals surface area contributed by atoms with Gasteiger partial charge in [-0.3, -0.25) is 0 Å². The van der Waals surface area contributed by atoms with E-state index in [1.807, 2.05) is 0 Å². The summed E-state index contributed by atoms with van der Waals surface area (Å²) in [6.07, 6.45) is 0. The first-order chi connectivity index (χ1) is 1.41. The molecule has 0 aromatic carbocycles. The van der Waals surface area contributed by atoms with Crippen LogP contribution in [0.5, 0.6) is 0 Å². The van der Waals surface area contributed by atoms with Gasteiger partial charge in [-0.15, -0.1) is 0 Å². The summed E-state index contributed by atoms with van der Waals surface area (Å²) in [6, 6.07) is 0. The maximum atomic E-state index is 2.55. The quantitative estimate of drug-likeness (QED) is 0.264. The van der Waals surface area contributed by atoms with E-state index in [9.17, 15) is 0 Å². The molecule has 4 heavy (non-hydrogen) atoms. The zero-order valence-corrected chi connectivity index (χ0v) is 8.20. The van der Waals surface area contributed by atoms with Crippen molar-refractivity contribution in [2.45, 2.75) is 0 Å². The van der Waals surface area contributed by atoms with Crippen molar-refractivity contribution < 1.29 is 51.4 Å².